The number of rotatable bonds is 8. The average Bonchev–Trinajstić information content (AvgIpc) is 2.73. The third-order valence-corrected chi connectivity index (χ3v) is 6.14. The lowest BCUT2D eigenvalue weighted by molar-refractivity contribution is -0.143. The summed E-state index contributed by atoms with van der Waals surface area (Å²) in [6.45, 7) is 4.35. The highest BCUT2D eigenvalue weighted by Gasteiger charge is 2.38. The summed E-state index contributed by atoms with van der Waals surface area (Å²) in [4.78, 5) is 26.8. The van der Waals surface area contributed by atoms with Crippen molar-refractivity contribution in [1.82, 2.24) is 4.90 Å². The average molecular weight is 496 g/mol. The van der Waals surface area contributed by atoms with E-state index in [1.165, 1.54) is 0 Å². The molecule has 0 aliphatic heterocycles. The molecule has 1 aromatic rings. The molecular weight excluding hydrogens is 464 g/mol. The molecule has 5 nitrogen and oxygen atoms in total. The lowest BCUT2D eigenvalue weighted by Gasteiger charge is -2.37. The fourth-order valence-electron chi connectivity index (χ4n) is 4.15. The third kappa shape index (κ3) is 7.61. The molecule has 1 aliphatic carbocycles. The number of carbonyl (C=O) groups excluding carboxylic acids is 2. The van der Waals surface area contributed by atoms with Crippen LogP contribution in [0.5, 0.6) is 0 Å². The number of amides is 2. The topological polar surface area (TPSA) is 75.4 Å². The Hall–Kier alpha value is -2.30. The van der Waals surface area contributed by atoms with Crippen molar-refractivity contribution in [3.05, 3.63) is 29.3 Å². The number of carbonyl (C=O) groups is 2. The molecule has 2 rings (SSSR count). The van der Waals surface area contributed by atoms with Crippen LogP contribution in [-0.4, -0.2) is 35.3 Å². The van der Waals surface area contributed by atoms with Crippen molar-refractivity contribution >= 4 is 17.5 Å². The van der Waals surface area contributed by atoms with Crippen molar-refractivity contribution in [2.24, 2.45) is 11.7 Å². The monoisotopic (exact) mass is 495 g/mol. The summed E-state index contributed by atoms with van der Waals surface area (Å²) in [6.07, 6.45) is -5.62. The lowest BCUT2D eigenvalue weighted by atomic mass is 9.81. The van der Waals surface area contributed by atoms with E-state index in [2.05, 4.69) is 5.32 Å². The molecular formula is C23H31F6N3O2. The zero-order valence-electron chi connectivity index (χ0n) is 19.3. The number of hydrogen-bond acceptors (Lipinski definition) is 3. The Morgan fingerprint density at radius 2 is 1.56 bits per heavy atom. The molecule has 1 saturated carbocycles. The molecule has 0 bridgehead atoms. The summed E-state index contributed by atoms with van der Waals surface area (Å²) in [7, 11) is 0. The minimum absolute atomic E-state index is 0.00511. The van der Waals surface area contributed by atoms with Crippen molar-refractivity contribution in [1.29, 1.82) is 0 Å². The molecule has 0 saturated heterocycles. The third-order valence-electron chi connectivity index (χ3n) is 6.14. The van der Waals surface area contributed by atoms with E-state index in [4.69, 9.17) is 5.73 Å². The van der Waals surface area contributed by atoms with Gasteiger partial charge in [0, 0.05) is 25.2 Å². The van der Waals surface area contributed by atoms with Gasteiger partial charge in [-0.1, -0.05) is 26.2 Å². The van der Waals surface area contributed by atoms with Crippen LogP contribution in [0.15, 0.2) is 18.2 Å². The van der Waals surface area contributed by atoms with E-state index in [0.717, 1.165) is 19.3 Å². The van der Waals surface area contributed by atoms with Crippen molar-refractivity contribution in [3.63, 3.8) is 0 Å². The van der Waals surface area contributed by atoms with E-state index in [9.17, 15) is 35.9 Å². The number of alkyl halides is 6. The Morgan fingerprint density at radius 3 is 2.03 bits per heavy atom. The van der Waals surface area contributed by atoms with Gasteiger partial charge in [0.1, 0.15) is 0 Å². The molecule has 34 heavy (non-hydrogen) atoms. The fraction of sp³-hybridized carbons (Fsp3) is 0.652. The molecule has 1 unspecified atom stereocenters. The Morgan fingerprint density at radius 1 is 1.03 bits per heavy atom. The summed E-state index contributed by atoms with van der Waals surface area (Å²) in [5.74, 6) is -1.11. The van der Waals surface area contributed by atoms with Crippen LogP contribution >= 0.6 is 0 Å². The summed E-state index contributed by atoms with van der Waals surface area (Å²) in [6, 6.07) is 0.950. The highest BCUT2D eigenvalue weighted by molar-refractivity contribution is 5.91. The fourth-order valence-corrected chi connectivity index (χ4v) is 4.15. The van der Waals surface area contributed by atoms with E-state index in [-0.39, 0.29) is 24.3 Å². The standard InChI is InChI=1S/C23H31F6N3O2/c1-3-32(20(34)21(30)8-5-4-6-9-21)10-7-15(2)11-19(33)31-18-13-16(22(24,25)26)12-17(14-18)23(27,28)29/h12-15H,3-11,30H2,1-2H3,(H,31,33). The summed E-state index contributed by atoms with van der Waals surface area (Å²) < 4.78 is 78.0. The second kappa shape index (κ2) is 11.0. The van der Waals surface area contributed by atoms with Crippen LogP contribution in [-0.2, 0) is 21.9 Å². The molecule has 0 heterocycles. The minimum Gasteiger partial charge on any atom is -0.341 e. The van der Waals surface area contributed by atoms with Crippen molar-refractivity contribution in [2.75, 3.05) is 18.4 Å². The quantitative estimate of drug-likeness (QED) is 0.462. The lowest BCUT2D eigenvalue weighted by Crippen LogP contribution is -2.56. The van der Waals surface area contributed by atoms with Crippen LogP contribution in [0.3, 0.4) is 0 Å². The maximum atomic E-state index is 13.0. The van der Waals surface area contributed by atoms with Gasteiger partial charge in [-0.25, -0.2) is 0 Å². The van der Waals surface area contributed by atoms with E-state index < -0.39 is 40.6 Å². The van der Waals surface area contributed by atoms with E-state index in [1.807, 2.05) is 6.92 Å². The van der Waals surface area contributed by atoms with Crippen LogP contribution in [0.25, 0.3) is 0 Å². The highest BCUT2D eigenvalue weighted by Crippen LogP contribution is 2.37. The van der Waals surface area contributed by atoms with Crippen molar-refractivity contribution in [2.45, 2.75) is 76.7 Å². The number of halogens is 6. The Balaban J connectivity index is 1.98. The zero-order valence-corrected chi connectivity index (χ0v) is 19.3. The van der Waals surface area contributed by atoms with Crippen LogP contribution in [0, 0.1) is 5.92 Å². The molecule has 1 aromatic carbocycles. The largest absolute Gasteiger partial charge is 0.416 e. The summed E-state index contributed by atoms with van der Waals surface area (Å²) >= 11 is 0. The van der Waals surface area contributed by atoms with E-state index in [1.54, 1.807) is 11.8 Å². The van der Waals surface area contributed by atoms with Gasteiger partial charge in [-0.15, -0.1) is 0 Å². The summed E-state index contributed by atoms with van der Waals surface area (Å²) in [5, 5.41) is 2.14. The van der Waals surface area contributed by atoms with Gasteiger partial charge in [-0.05, 0) is 50.3 Å². The molecule has 0 aromatic heterocycles. The van der Waals surface area contributed by atoms with E-state index >= 15 is 0 Å². The first-order valence-electron chi connectivity index (χ1n) is 11.3. The number of nitrogens with one attached hydrogen (secondary N) is 1. The van der Waals surface area contributed by atoms with Crippen molar-refractivity contribution in [3.8, 4) is 0 Å². The molecule has 1 atom stereocenters. The maximum absolute atomic E-state index is 13.0. The van der Waals surface area contributed by atoms with Crippen LogP contribution in [0.2, 0.25) is 0 Å². The van der Waals surface area contributed by atoms with E-state index in [0.29, 0.717) is 44.5 Å². The normalized spacial score (nSPS) is 17.2. The van der Waals surface area contributed by atoms with Crippen LogP contribution in [0.4, 0.5) is 32.0 Å². The van der Waals surface area contributed by atoms with Gasteiger partial charge < -0.3 is 16.0 Å². The molecule has 192 valence electrons. The SMILES string of the molecule is CCN(CCC(C)CC(=O)Nc1cc(C(F)(F)F)cc(C(F)(F)F)c1)C(=O)C1(N)CCCCC1. The number of hydrogen-bond donors (Lipinski definition) is 2. The van der Waals surface area contributed by atoms with Crippen LogP contribution < -0.4 is 11.1 Å². The van der Waals surface area contributed by atoms with Crippen molar-refractivity contribution < 1.29 is 35.9 Å². The van der Waals surface area contributed by atoms with Gasteiger partial charge >= 0.3 is 12.4 Å². The number of nitrogens with zero attached hydrogens (tertiary/aromatic N) is 1. The highest BCUT2D eigenvalue weighted by atomic mass is 19.4. The second-order valence-electron chi connectivity index (χ2n) is 9.04. The van der Waals surface area contributed by atoms with Gasteiger partial charge in [0.25, 0.3) is 0 Å². The first-order chi connectivity index (χ1) is 15.7. The molecule has 0 spiro atoms. The predicted molar refractivity (Wildman–Crippen MR) is 116 cm³/mol. The molecule has 1 aliphatic rings. The first-order valence-corrected chi connectivity index (χ1v) is 11.3. The Bertz CT molecular complexity index is 831. The first kappa shape index (κ1) is 27.9. The number of likely N-dealkylation sites (N-methyl/N-ethyl adjacent to an activating group) is 1. The van der Waals surface area contributed by atoms with Gasteiger partial charge in [-0.3, -0.25) is 9.59 Å². The number of benzene rings is 1. The minimum atomic E-state index is -5.00. The summed E-state index contributed by atoms with van der Waals surface area (Å²) in [5.41, 5.74) is 1.87. The van der Waals surface area contributed by atoms with Gasteiger partial charge in [0.05, 0.1) is 16.7 Å². The Labute approximate surface area is 195 Å². The smallest absolute Gasteiger partial charge is 0.341 e. The second-order valence-corrected chi connectivity index (χ2v) is 9.04. The maximum Gasteiger partial charge on any atom is 0.416 e. The molecule has 2 amide bonds. The molecule has 3 N–H and O–H groups in total. The Kier molecular flexibility index (Phi) is 9.01. The molecule has 1 fully saturated rings. The number of anilines is 1. The zero-order chi connectivity index (χ0) is 25.7. The van der Waals surface area contributed by atoms with Gasteiger partial charge in [0.15, 0.2) is 0 Å². The molecule has 0 radical (unpaired) electrons. The van der Waals surface area contributed by atoms with Gasteiger partial charge in [-0.2, -0.15) is 26.3 Å². The molecule has 11 heteroatoms. The van der Waals surface area contributed by atoms with Gasteiger partial charge in [0.2, 0.25) is 11.8 Å². The predicted octanol–water partition coefficient (Wildman–Crippen LogP) is 5.59. The van der Waals surface area contributed by atoms with Crippen LogP contribution in [0.1, 0.15) is 69.9 Å². The number of nitrogens with two attached hydrogens (primary N) is 1.